The summed E-state index contributed by atoms with van der Waals surface area (Å²) < 4.78 is 5.11. The largest absolute Gasteiger partial charge is 0.503 e. The summed E-state index contributed by atoms with van der Waals surface area (Å²) in [5.41, 5.74) is 0.826. The van der Waals surface area contributed by atoms with E-state index in [1.807, 2.05) is 4.90 Å². The molecule has 1 saturated heterocycles. The summed E-state index contributed by atoms with van der Waals surface area (Å²) in [5.74, 6) is -0.934. The lowest BCUT2D eigenvalue weighted by molar-refractivity contribution is -0.150. The van der Waals surface area contributed by atoms with Crippen LogP contribution in [0.2, 0.25) is 0 Å². The van der Waals surface area contributed by atoms with Gasteiger partial charge in [0.1, 0.15) is 6.33 Å². The molecule has 104 valence electrons. The normalized spacial score (nSPS) is 18.1. The van der Waals surface area contributed by atoms with E-state index in [1.165, 1.54) is 6.33 Å². The Kier molecular flexibility index (Phi) is 5.48. The molecule has 1 aromatic heterocycles. The molecule has 2 heterocycles. The molecular formula is C10H13N3O6. The first-order valence-corrected chi connectivity index (χ1v) is 5.27. The maximum Gasteiger partial charge on any atom is 0.503 e. The fraction of sp³-hybridized carbons (Fsp3) is 0.400. The van der Waals surface area contributed by atoms with Gasteiger partial charge in [-0.3, -0.25) is 0 Å². The van der Waals surface area contributed by atoms with Crippen molar-refractivity contribution < 1.29 is 29.6 Å². The van der Waals surface area contributed by atoms with Crippen LogP contribution in [0.4, 0.5) is 10.5 Å². The number of rotatable bonds is 2. The van der Waals surface area contributed by atoms with Crippen molar-refractivity contribution in [3.8, 4) is 0 Å². The van der Waals surface area contributed by atoms with Gasteiger partial charge in [-0.25, -0.2) is 19.6 Å². The molecule has 1 unspecified atom stereocenters. The lowest BCUT2D eigenvalue weighted by atomic mass is 10.2. The third-order valence-electron chi connectivity index (χ3n) is 2.25. The minimum absolute atomic E-state index is 0.336. The van der Waals surface area contributed by atoms with E-state index in [-0.39, 0.29) is 0 Å². The molecule has 2 rings (SSSR count). The standard InChI is InChI=1S/C9H11N3O3.CH2O3/c13-9(14)8-5-12(1-2-15-8)7-3-10-6-11-4-7;2-1(3)4/h3-4,6,8H,1-2,5H2,(H,13,14);(H2,2,3,4). The van der Waals surface area contributed by atoms with Crippen molar-refractivity contribution in [2.24, 2.45) is 0 Å². The van der Waals surface area contributed by atoms with Crippen molar-refractivity contribution in [3.63, 3.8) is 0 Å². The molecule has 0 bridgehead atoms. The van der Waals surface area contributed by atoms with Gasteiger partial charge in [-0.2, -0.15) is 0 Å². The number of hydrogen-bond donors (Lipinski definition) is 3. The highest BCUT2D eigenvalue weighted by Crippen LogP contribution is 2.14. The van der Waals surface area contributed by atoms with Crippen LogP contribution in [0.5, 0.6) is 0 Å². The van der Waals surface area contributed by atoms with Crippen LogP contribution in [0.15, 0.2) is 18.7 Å². The van der Waals surface area contributed by atoms with Gasteiger partial charge in [0.25, 0.3) is 0 Å². The summed E-state index contributed by atoms with van der Waals surface area (Å²) in [6.45, 7) is 1.41. The number of morpholine rings is 1. The molecule has 1 aliphatic heterocycles. The van der Waals surface area contributed by atoms with Crippen LogP contribution >= 0.6 is 0 Å². The fourth-order valence-electron chi connectivity index (χ4n) is 1.49. The van der Waals surface area contributed by atoms with Gasteiger partial charge in [0.2, 0.25) is 0 Å². The highest BCUT2D eigenvalue weighted by atomic mass is 16.6. The van der Waals surface area contributed by atoms with Crippen LogP contribution in [0.1, 0.15) is 0 Å². The number of carboxylic acid groups (broad SMARTS) is 3. The quantitative estimate of drug-likeness (QED) is 0.678. The fourth-order valence-corrected chi connectivity index (χ4v) is 1.49. The van der Waals surface area contributed by atoms with Gasteiger partial charge in [-0.05, 0) is 0 Å². The zero-order valence-corrected chi connectivity index (χ0v) is 9.84. The second-order valence-electron chi connectivity index (χ2n) is 3.52. The zero-order valence-electron chi connectivity index (χ0n) is 9.84. The summed E-state index contributed by atoms with van der Waals surface area (Å²) in [6.07, 6.45) is 2.17. The predicted octanol–water partition coefficient (Wildman–Crippen LogP) is -0.0112. The number of hydrogen-bond acceptors (Lipinski definition) is 6. The van der Waals surface area contributed by atoms with Gasteiger partial charge < -0.3 is 25.0 Å². The molecule has 1 atom stereocenters. The minimum Gasteiger partial charge on any atom is -0.479 e. The average molecular weight is 271 g/mol. The van der Waals surface area contributed by atoms with Crippen molar-refractivity contribution in [2.45, 2.75) is 6.10 Å². The van der Waals surface area contributed by atoms with Crippen molar-refractivity contribution >= 4 is 17.8 Å². The zero-order chi connectivity index (χ0) is 14.3. The number of aliphatic carboxylic acids is 1. The Hall–Kier alpha value is -2.42. The number of carbonyl (C=O) groups is 2. The first kappa shape index (κ1) is 14.6. The maximum absolute atomic E-state index is 10.7. The lowest BCUT2D eigenvalue weighted by Gasteiger charge is -2.31. The van der Waals surface area contributed by atoms with Gasteiger partial charge in [-0.15, -0.1) is 0 Å². The van der Waals surface area contributed by atoms with E-state index in [4.69, 9.17) is 24.9 Å². The molecule has 1 aromatic rings. The van der Waals surface area contributed by atoms with E-state index >= 15 is 0 Å². The van der Waals surface area contributed by atoms with E-state index in [0.29, 0.717) is 19.7 Å². The summed E-state index contributed by atoms with van der Waals surface area (Å²) in [4.78, 5) is 29.0. The molecule has 0 aromatic carbocycles. The smallest absolute Gasteiger partial charge is 0.479 e. The molecule has 0 amide bonds. The molecule has 3 N–H and O–H groups in total. The van der Waals surface area contributed by atoms with Crippen LogP contribution in [0.25, 0.3) is 0 Å². The van der Waals surface area contributed by atoms with Crippen molar-refractivity contribution in [1.82, 2.24) is 9.97 Å². The molecule has 1 fully saturated rings. The third-order valence-corrected chi connectivity index (χ3v) is 2.25. The molecular weight excluding hydrogens is 258 g/mol. The van der Waals surface area contributed by atoms with Crippen molar-refractivity contribution in [2.75, 3.05) is 24.6 Å². The Morgan fingerprint density at radius 2 is 1.84 bits per heavy atom. The summed E-state index contributed by atoms with van der Waals surface area (Å²) >= 11 is 0. The van der Waals surface area contributed by atoms with E-state index in [2.05, 4.69) is 9.97 Å². The van der Waals surface area contributed by atoms with Crippen LogP contribution < -0.4 is 4.90 Å². The van der Waals surface area contributed by atoms with Crippen LogP contribution in [0, 0.1) is 0 Å². The Morgan fingerprint density at radius 3 is 2.37 bits per heavy atom. The number of carboxylic acids is 1. The van der Waals surface area contributed by atoms with Crippen molar-refractivity contribution in [3.05, 3.63) is 18.7 Å². The SMILES string of the molecule is O=C(O)C1CN(c2cncnc2)CCO1.O=C(O)O. The molecule has 1 aliphatic rings. The molecule has 9 heteroatoms. The Labute approximate surface area is 108 Å². The second-order valence-corrected chi connectivity index (χ2v) is 3.52. The van der Waals surface area contributed by atoms with Crippen LogP contribution in [0.3, 0.4) is 0 Å². The lowest BCUT2D eigenvalue weighted by Crippen LogP contribution is -2.46. The molecule has 9 nitrogen and oxygen atoms in total. The minimum atomic E-state index is -1.83. The topological polar surface area (TPSA) is 133 Å². The summed E-state index contributed by atoms with van der Waals surface area (Å²) in [6, 6.07) is 0. The number of nitrogens with zero attached hydrogens (tertiary/aromatic N) is 3. The predicted molar refractivity (Wildman–Crippen MR) is 62.3 cm³/mol. The monoisotopic (exact) mass is 271 g/mol. The van der Waals surface area contributed by atoms with Gasteiger partial charge >= 0.3 is 12.1 Å². The van der Waals surface area contributed by atoms with Gasteiger partial charge in [-0.1, -0.05) is 0 Å². The van der Waals surface area contributed by atoms with E-state index < -0.39 is 18.2 Å². The summed E-state index contributed by atoms with van der Waals surface area (Å²) in [7, 11) is 0. The molecule has 0 saturated carbocycles. The van der Waals surface area contributed by atoms with Crippen LogP contribution in [-0.4, -0.2) is 63.2 Å². The summed E-state index contributed by atoms with van der Waals surface area (Å²) in [5, 5.41) is 22.8. The molecule has 0 aliphatic carbocycles. The number of ether oxygens (including phenoxy) is 1. The Morgan fingerprint density at radius 1 is 1.26 bits per heavy atom. The highest BCUT2D eigenvalue weighted by Gasteiger charge is 2.26. The molecule has 19 heavy (non-hydrogen) atoms. The number of anilines is 1. The van der Waals surface area contributed by atoms with Gasteiger partial charge in [0.15, 0.2) is 6.10 Å². The van der Waals surface area contributed by atoms with Gasteiger partial charge in [0, 0.05) is 6.54 Å². The van der Waals surface area contributed by atoms with E-state index in [1.54, 1.807) is 12.4 Å². The van der Waals surface area contributed by atoms with E-state index in [0.717, 1.165) is 5.69 Å². The second kappa shape index (κ2) is 7.11. The van der Waals surface area contributed by atoms with E-state index in [9.17, 15) is 4.79 Å². The average Bonchev–Trinajstić information content (AvgIpc) is 2.39. The third kappa shape index (κ3) is 5.17. The number of aromatic nitrogens is 2. The van der Waals surface area contributed by atoms with Crippen molar-refractivity contribution in [1.29, 1.82) is 0 Å². The molecule has 0 radical (unpaired) electrons. The highest BCUT2D eigenvalue weighted by molar-refractivity contribution is 5.73. The Balaban J connectivity index is 0.000000399. The Bertz CT molecular complexity index is 423. The first-order valence-electron chi connectivity index (χ1n) is 5.27. The van der Waals surface area contributed by atoms with Gasteiger partial charge in [0.05, 0.1) is 31.2 Å². The first-order chi connectivity index (χ1) is 9.00. The van der Waals surface area contributed by atoms with Crippen LogP contribution in [-0.2, 0) is 9.53 Å². The molecule has 0 spiro atoms. The maximum atomic E-state index is 10.7.